The van der Waals surface area contributed by atoms with Crippen molar-refractivity contribution >= 4 is 11.9 Å². The fourth-order valence-corrected chi connectivity index (χ4v) is 1.15. The predicted molar refractivity (Wildman–Crippen MR) is 58.4 cm³/mol. The van der Waals surface area contributed by atoms with Crippen LogP contribution < -0.4 is 5.32 Å². The number of carboxylic acids is 1. The molecule has 15 heavy (non-hydrogen) atoms. The first-order chi connectivity index (χ1) is 7.11. The van der Waals surface area contributed by atoms with Crippen LogP contribution in [-0.2, 0) is 9.59 Å². The number of aliphatic carboxylic acids is 1. The predicted octanol–water partition coefficient (Wildman–Crippen LogP) is 1.35. The Morgan fingerprint density at radius 1 is 1.27 bits per heavy atom. The summed E-state index contributed by atoms with van der Waals surface area (Å²) in [6, 6.07) is 0. The largest absolute Gasteiger partial charge is 0.481 e. The van der Waals surface area contributed by atoms with Crippen molar-refractivity contribution in [1.82, 2.24) is 5.32 Å². The quantitative estimate of drug-likeness (QED) is 0.595. The second-order valence-electron chi connectivity index (χ2n) is 3.18. The molecule has 0 fully saturated rings. The zero-order chi connectivity index (χ0) is 11.7. The van der Waals surface area contributed by atoms with Gasteiger partial charge in [0.25, 0.3) is 0 Å². The summed E-state index contributed by atoms with van der Waals surface area (Å²) >= 11 is 0. The van der Waals surface area contributed by atoms with Crippen molar-refractivity contribution in [1.29, 1.82) is 0 Å². The summed E-state index contributed by atoms with van der Waals surface area (Å²) in [4.78, 5) is 21.7. The van der Waals surface area contributed by atoms with Gasteiger partial charge < -0.3 is 10.4 Å². The summed E-state index contributed by atoms with van der Waals surface area (Å²) < 4.78 is 0. The number of carbonyl (C=O) groups excluding carboxylic acids is 1. The lowest BCUT2D eigenvalue weighted by Crippen LogP contribution is -2.31. The van der Waals surface area contributed by atoms with Crippen LogP contribution in [0.4, 0.5) is 0 Å². The van der Waals surface area contributed by atoms with E-state index < -0.39 is 5.97 Å². The molecule has 0 aromatic heterocycles. The third kappa shape index (κ3) is 6.49. The van der Waals surface area contributed by atoms with Crippen LogP contribution in [0, 0.1) is 5.92 Å². The molecule has 84 valence electrons. The zero-order valence-electron chi connectivity index (χ0n) is 8.74. The van der Waals surface area contributed by atoms with Crippen molar-refractivity contribution in [3.05, 3.63) is 25.3 Å². The molecule has 0 aliphatic carbocycles. The Bertz CT molecular complexity index is 238. The molecule has 0 unspecified atom stereocenters. The van der Waals surface area contributed by atoms with Gasteiger partial charge in [0.1, 0.15) is 0 Å². The van der Waals surface area contributed by atoms with Gasteiger partial charge in [0, 0.05) is 12.5 Å². The molecule has 0 bridgehead atoms. The van der Waals surface area contributed by atoms with Crippen LogP contribution in [0.25, 0.3) is 0 Å². The van der Waals surface area contributed by atoms with Gasteiger partial charge in [-0.25, -0.2) is 0 Å². The van der Waals surface area contributed by atoms with Crippen LogP contribution in [0.5, 0.6) is 0 Å². The first-order valence-corrected chi connectivity index (χ1v) is 4.83. The summed E-state index contributed by atoms with van der Waals surface area (Å²) in [5, 5.41) is 11.0. The molecular weight excluding hydrogens is 194 g/mol. The Kier molecular flexibility index (Phi) is 6.97. The molecule has 0 saturated heterocycles. The van der Waals surface area contributed by atoms with E-state index in [-0.39, 0.29) is 24.8 Å². The number of hydrogen-bond donors (Lipinski definition) is 2. The van der Waals surface area contributed by atoms with Crippen LogP contribution in [-0.4, -0.2) is 23.5 Å². The highest BCUT2D eigenvalue weighted by Gasteiger charge is 2.14. The third-order valence-corrected chi connectivity index (χ3v) is 1.91. The third-order valence-electron chi connectivity index (χ3n) is 1.91. The summed E-state index contributed by atoms with van der Waals surface area (Å²) in [7, 11) is 0. The second-order valence-corrected chi connectivity index (χ2v) is 3.18. The minimum atomic E-state index is -0.917. The Balaban J connectivity index is 3.95. The Labute approximate surface area is 89.7 Å². The van der Waals surface area contributed by atoms with E-state index in [1.54, 1.807) is 12.2 Å². The van der Waals surface area contributed by atoms with Crippen molar-refractivity contribution in [2.45, 2.75) is 19.3 Å². The molecule has 0 saturated carbocycles. The number of amides is 1. The van der Waals surface area contributed by atoms with E-state index in [9.17, 15) is 9.59 Å². The van der Waals surface area contributed by atoms with Gasteiger partial charge in [0.15, 0.2) is 0 Å². The van der Waals surface area contributed by atoms with Crippen molar-refractivity contribution in [2.24, 2.45) is 5.92 Å². The normalized spacial score (nSPS) is 9.67. The van der Waals surface area contributed by atoms with Crippen molar-refractivity contribution in [2.75, 3.05) is 6.54 Å². The van der Waals surface area contributed by atoms with Crippen LogP contribution in [0.2, 0.25) is 0 Å². The molecule has 0 aromatic rings. The number of hydrogen-bond acceptors (Lipinski definition) is 2. The van der Waals surface area contributed by atoms with Crippen LogP contribution >= 0.6 is 0 Å². The van der Waals surface area contributed by atoms with Crippen LogP contribution in [0.1, 0.15) is 19.3 Å². The minimum absolute atomic E-state index is 0.0549. The molecule has 4 heteroatoms. The standard InChI is InChI=1S/C11H17NO3/c1-3-5-9(6-4-2)11(15)12-8-7-10(13)14/h3-4,9H,1-2,5-8H2,(H,12,15)(H,13,14). The molecule has 0 aliphatic rings. The molecule has 0 aliphatic heterocycles. The molecular formula is C11H17NO3. The molecule has 0 spiro atoms. The smallest absolute Gasteiger partial charge is 0.305 e. The topological polar surface area (TPSA) is 66.4 Å². The van der Waals surface area contributed by atoms with E-state index in [0.717, 1.165) is 0 Å². The van der Waals surface area contributed by atoms with Crippen LogP contribution in [0.15, 0.2) is 25.3 Å². The van der Waals surface area contributed by atoms with E-state index >= 15 is 0 Å². The molecule has 2 N–H and O–H groups in total. The number of rotatable bonds is 8. The SMILES string of the molecule is C=CCC(CC=C)C(=O)NCCC(=O)O. The van der Waals surface area contributed by atoms with Crippen molar-refractivity contribution < 1.29 is 14.7 Å². The summed E-state index contributed by atoms with van der Waals surface area (Å²) in [6.07, 6.45) is 4.44. The van der Waals surface area contributed by atoms with Crippen molar-refractivity contribution in [3.63, 3.8) is 0 Å². The summed E-state index contributed by atoms with van der Waals surface area (Å²) in [5.41, 5.74) is 0. The number of carbonyl (C=O) groups is 2. The molecule has 0 rings (SSSR count). The maximum atomic E-state index is 11.5. The van der Waals surface area contributed by atoms with Gasteiger partial charge in [-0.1, -0.05) is 12.2 Å². The van der Waals surface area contributed by atoms with Gasteiger partial charge >= 0.3 is 5.97 Å². The second kappa shape index (κ2) is 7.79. The van der Waals surface area contributed by atoms with E-state index in [1.165, 1.54) is 0 Å². The van der Waals surface area contributed by atoms with Crippen LogP contribution in [0.3, 0.4) is 0 Å². The van der Waals surface area contributed by atoms with Gasteiger partial charge in [0.2, 0.25) is 5.91 Å². The maximum absolute atomic E-state index is 11.5. The van der Waals surface area contributed by atoms with Gasteiger partial charge in [-0.15, -0.1) is 13.2 Å². The van der Waals surface area contributed by atoms with E-state index in [2.05, 4.69) is 18.5 Å². The monoisotopic (exact) mass is 211 g/mol. The van der Waals surface area contributed by atoms with E-state index in [0.29, 0.717) is 12.8 Å². The lowest BCUT2D eigenvalue weighted by molar-refractivity contribution is -0.137. The van der Waals surface area contributed by atoms with Gasteiger partial charge in [-0.2, -0.15) is 0 Å². The first-order valence-electron chi connectivity index (χ1n) is 4.83. The number of nitrogens with one attached hydrogen (secondary N) is 1. The van der Waals surface area contributed by atoms with Gasteiger partial charge in [-0.05, 0) is 12.8 Å². The zero-order valence-corrected chi connectivity index (χ0v) is 8.74. The highest BCUT2D eigenvalue weighted by molar-refractivity contribution is 5.79. The van der Waals surface area contributed by atoms with E-state index in [4.69, 9.17) is 5.11 Å². The van der Waals surface area contributed by atoms with Crippen molar-refractivity contribution in [3.8, 4) is 0 Å². The highest BCUT2D eigenvalue weighted by Crippen LogP contribution is 2.09. The fraction of sp³-hybridized carbons (Fsp3) is 0.455. The Morgan fingerprint density at radius 2 is 1.80 bits per heavy atom. The average Bonchev–Trinajstić information content (AvgIpc) is 2.16. The Hall–Kier alpha value is -1.58. The molecule has 0 atom stereocenters. The first kappa shape index (κ1) is 13.4. The minimum Gasteiger partial charge on any atom is -0.481 e. The average molecular weight is 211 g/mol. The molecule has 0 heterocycles. The fourth-order valence-electron chi connectivity index (χ4n) is 1.15. The lowest BCUT2D eigenvalue weighted by Gasteiger charge is -2.12. The molecule has 0 aromatic carbocycles. The summed E-state index contributed by atoms with van der Waals surface area (Å²) in [6.45, 7) is 7.30. The van der Waals surface area contributed by atoms with E-state index in [1.807, 2.05) is 0 Å². The summed E-state index contributed by atoms with van der Waals surface area (Å²) in [5.74, 6) is -1.25. The highest BCUT2D eigenvalue weighted by atomic mass is 16.4. The molecule has 1 amide bonds. The number of carboxylic acid groups (broad SMARTS) is 1. The molecule has 4 nitrogen and oxygen atoms in total. The lowest BCUT2D eigenvalue weighted by atomic mass is 10.0. The van der Waals surface area contributed by atoms with Gasteiger partial charge in [0.05, 0.1) is 6.42 Å². The van der Waals surface area contributed by atoms with Gasteiger partial charge in [-0.3, -0.25) is 9.59 Å². The maximum Gasteiger partial charge on any atom is 0.305 e. The molecule has 0 radical (unpaired) electrons. The Morgan fingerprint density at radius 3 is 2.20 bits per heavy atom. The number of allylic oxidation sites excluding steroid dienone is 2.